The Balaban J connectivity index is 0.520. The molecule has 0 nitrogen and oxygen atoms in total. The average molecular weight is 1730 g/mol. The van der Waals surface area contributed by atoms with Gasteiger partial charge in [-0.3, -0.25) is 0 Å². The summed E-state index contributed by atoms with van der Waals surface area (Å²) in [6.07, 6.45) is 7.93. The van der Waals surface area contributed by atoms with Crippen molar-refractivity contribution in [2.24, 2.45) is 464 Å². The molecule has 0 bridgehead atoms. The largest absolute Gasteiger partial charge is 0.0458 e. The molecule has 0 heterocycles. The van der Waals surface area contributed by atoms with Crippen LogP contribution in [0.15, 0.2) is 0 Å². The zero-order valence-corrected chi connectivity index (χ0v) is 73.9. The molecule has 0 aliphatic heterocycles. The van der Waals surface area contributed by atoms with Crippen LogP contribution in [0.2, 0.25) is 0 Å². The third-order valence-electron chi connectivity index (χ3n) is 137. The third kappa shape index (κ3) is 0.683. The Bertz CT molecular complexity index is 11800. The van der Waals surface area contributed by atoms with Crippen LogP contribution in [0.3, 0.4) is 0 Å². The van der Waals surface area contributed by atoms with Crippen LogP contribution in [0.1, 0.15) is 25.7 Å². The molecule has 0 N–H and O–H groups in total. The van der Waals surface area contributed by atoms with Gasteiger partial charge >= 0.3 is 0 Å². The fourth-order valence-corrected chi connectivity index (χ4v) is 186. The molecule has 117 rings (SSSR count). The van der Waals surface area contributed by atoms with E-state index < -0.39 is 0 Å². The van der Waals surface area contributed by atoms with Gasteiger partial charge in [-0.05, 0) is 782 Å². The molecule has 0 amide bonds. The van der Waals surface area contributed by atoms with Gasteiger partial charge < -0.3 is 0 Å². The minimum Gasteiger partial charge on any atom is -0.0458 e. The van der Waals surface area contributed by atoms with Gasteiger partial charge in [-0.25, -0.2) is 0 Å². The van der Waals surface area contributed by atoms with E-state index in [2.05, 4.69) is 0 Å². The minimum atomic E-state index is 1.12. The second-order valence-corrected chi connectivity index (χ2v) is 97.0. The maximum absolute atomic E-state index is 1.98. The molecule has 140 heavy (non-hydrogen) atoms. The Morgan fingerprint density at radius 1 is 0.0643 bits per heavy atom. The Kier molecular flexibility index (Phi) is 1.59. The molecule has 0 aromatic heterocycles. The zero-order valence-electron chi connectivity index (χ0n) is 73.9. The average Bonchev–Trinajstić information content (AvgIpc) is 0.383. The molecule has 0 aromatic carbocycles. The SMILES string of the molecule is C1C2C3C4C5C6C7C8C9CC%10C%11C%12C%13C%14C%15C%16C%17C%18C%19C%20C%21CC%22C%23C%24C%25C%26C%27C%28C%29CC%30C%31C%32C%33C%34C%35C%36C%37C%38C%39C%40C1C21C32C43C54C65C76C87C9%10C%118C%129C%13%10C%14%11C%15%12C%16%13C%17%14C%18%15C%19%16C%20%17C%22%21C%23%18C%24%19C%25%20C%26%21C%27%22C%28%23C%29%30C%31%24C%32%25C%33%26C%34%27C%35%28C%36%29C%37%30C%38%31C%39%32C%401C21C32C43C54C65C78C96C%107C%118C%129C%13%10C%14%11C%15%12C%16%13C%18%17C%19%14C%20%15C%21%16C%22%17C%23%24C%25%18C%26%19C%27%20C%28%21C%29%22C%30%23C%31%24C%321C21C32C43C56C74C85C96C%107C%118C%129C%14%13C%15%10C%16%11C%17%18C%19%12C%20%13C%21%14C%22%15C%23%16C%241C21C34C52C%161C%151C%143C%134C%11%12C%109C84C73C621. The van der Waals surface area contributed by atoms with Crippen molar-refractivity contribution in [2.75, 3.05) is 0 Å². The number of rotatable bonds is 0. The third-order valence-corrected chi connectivity index (χ3v) is 137. The molecule has 0 heteroatoms. The fraction of sp³-hybridized carbons (Fsp3) is 1.00. The minimum absolute atomic E-state index is 1.12. The number of hydrogen-bond donors (Lipinski definition) is 0. The van der Waals surface area contributed by atoms with Crippen molar-refractivity contribution in [1.82, 2.24) is 0 Å². The van der Waals surface area contributed by atoms with Crippen LogP contribution in [0.25, 0.3) is 0 Å². The van der Waals surface area contributed by atoms with Crippen LogP contribution in [0, 0.1) is 757 Å². The fourth-order valence-electron chi connectivity index (χ4n) is 186. The quantitative estimate of drug-likeness (QED) is 0.227. The van der Waals surface area contributed by atoms with Gasteiger partial charge in [-0.1, -0.05) is 0 Å². The summed E-state index contributed by atoms with van der Waals surface area (Å²) in [5.74, 6) is 59.2. The van der Waals surface area contributed by atoms with Gasteiger partial charge in [-0.15, -0.1) is 0 Å². The first kappa shape index (κ1) is 41.3. The van der Waals surface area contributed by atoms with Gasteiger partial charge in [0.15, 0.2) is 0 Å². The second-order valence-electron chi connectivity index (χ2n) is 97.0. The molecule has 0 radical (unpaired) electrons. The molecule has 0 saturated heterocycles. The molecule has 117 fully saturated rings. The van der Waals surface area contributed by atoms with Gasteiger partial charge in [0, 0.05) is 0 Å². The van der Waals surface area contributed by atoms with Gasteiger partial charge in [0.05, 0.1) is 0 Å². The molecular weight excluding hydrogens is 1680 g/mol. The predicted molar refractivity (Wildman–Crippen MR) is 435 cm³/mol. The number of hydrogen-bond acceptors (Lipinski definition) is 0. The molecule has 96 spiro atoms. The Hall–Kier alpha value is 0. The summed E-state index contributed by atoms with van der Waals surface area (Å²) >= 11 is 0. The van der Waals surface area contributed by atoms with Crippen LogP contribution in [0.5, 0.6) is 0 Å². The van der Waals surface area contributed by atoms with Crippen molar-refractivity contribution in [3.8, 4) is 0 Å². The molecule has 117 saturated carbocycles. The molecule has 117 aliphatic rings. The topological polar surface area (TPSA) is 0 Å². The molecule has 132 atom stereocenters. The van der Waals surface area contributed by atoms with Crippen molar-refractivity contribution in [3.05, 3.63) is 292 Å². The highest BCUT2D eigenvalue weighted by Crippen LogP contribution is 4.04. The number of fused-ring (bicyclic) bond motifs is 36. The lowest BCUT2D eigenvalue weighted by molar-refractivity contribution is -1.10. The summed E-state index contributed by atoms with van der Waals surface area (Å²) in [5.41, 5.74) is 112. The van der Waals surface area contributed by atoms with E-state index in [9.17, 15) is 0 Å². The summed E-state index contributed by atoms with van der Waals surface area (Å²) in [6, 6.07) is 0. The van der Waals surface area contributed by atoms with E-state index in [0.29, 0.717) is 0 Å². The summed E-state index contributed by atoms with van der Waals surface area (Å²) in [7, 11) is 0. The summed E-state index contributed by atoms with van der Waals surface area (Å²) < 4.78 is 0. The van der Waals surface area contributed by atoms with Gasteiger partial charge in [0.2, 0.25) is 0 Å². The monoisotopic (exact) mass is 1730 g/mol. The van der Waals surface area contributed by atoms with Crippen molar-refractivity contribution in [2.45, 2.75) is 25.7 Å². The summed E-state index contributed by atoms with van der Waals surface area (Å²) in [6.45, 7) is 0. The zero-order chi connectivity index (χ0) is 73.9. The van der Waals surface area contributed by atoms with Gasteiger partial charge in [0.1, 0.15) is 0 Å². The van der Waals surface area contributed by atoms with Crippen LogP contribution in [-0.2, 0) is 0 Å². The smallest absolute Gasteiger partial charge is 0.000000205 e. The van der Waals surface area contributed by atoms with Crippen molar-refractivity contribution < 1.29 is 0 Å². The van der Waals surface area contributed by atoms with Crippen LogP contribution < -0.4 is 0 Å². The highest BCUT2D eigenvalue weighted by molar-refractivity contribution is 7.10. The van der Waals surface area contributed by atoms with E-state index in [-0.39, 0.29) is 0 Å². The Labute approximate surface area is 776 Å². The maximum atomic E-state index is 1.98. The van der Waals surface area contributed by atoms with Gasteiger partial charge in [-0.2, -0.15) is 0 Å². The van der Waals surface area contributed by atoms with Gasteiger partial charge in [0.25, 0.3) is 0 Å². The maximum Gasteiger partial charge on any atom is -0.000000205 e. The predicted octanol–water partition coefficient (Wildman–Crippen LogP) is 10.9. The molecular formula is C140H48. The first-order valence-electron chi connectivity index (χ1n) is 69.8. The first-order chi connectivity index (χ1) is 69.8. The molecule has 0 aromatic rings. The van der Waals surface area contributed by atoms with E-state index >= 15 is 0 Å². The lowest BCUT2D eigenvalue weighted by atomic mass is 8.14. The Morgan fingerprint density at radius 3 is 0.243 bits per heavy atom. The summed E-state index contributed by atoms with van der Waals surface area (Å²) in [5, 5.41) is 0. The molecule has 608 valence electrons. The molecule has 117 aliphatic carbocycles. The lowest BCUT2D eigenvalue weighted by Crippen LogP contribution is -3.81. The van der Waals surface area contributed by atoms with Crippen LogP contribution >= 0.6 is 0 Å². The highest BCUT2D eigenvalue weighted by Gasteiger charge is 3.98. The van der Waals surface area contributed by atoms with E-state index in [4.69, 9.17) is 0 Å². The lowest BCUT2D eigenvalue weighted by Gasteiger charge is -3.87. The Morgan fingerprint density at radius 2 is 0.136 bits per heavy atom. The first-order valence-corrected chi connectivity index (χ1v) is 69.8. The van der Waals surface area contributed by atoms with E-state index in [1.54, 1.807) is 0 Å². The van der Waals surface area contributed by atoms with E-state index in [0.717, 1.165) is 217 Å². The standard InChI is InChI=1S/C140H48/c1-5-13-21-29-30-22-14-6-2-10-18-27-35-39-43-44-40-36-28-20-12-4-8-16-24-32-31-23-15-7-3-11-19-26-34-38-42-41-37-33-25-17-9(1)45(5)49(13)57(21)65(29)66(30)58(22)50(14)46(6,10)54(18)63(27)71(35)75(39)79(43)80(44)76(40)72(36)64(28)56(20)48(8,12)52(16)60(24)68(32)67(31)59(23)51(15)47(7,11)55(19)62(26)70(34)74(38)78(42)77(41)73(37)69(33)61(25)53(17,45)81(49)85(57)93(65)94(66)86(58)82(50,54)90(63)99(71)103(75)107(79)108(80)104(76)100(72)92(64)84(52,56)88(60)96(68)95(67)87(59)83(51,55)91(62)98(70)102(74)106(78)105(77)101(73)97(69)89(61,81)109(85)113(93)114(94)110(86,90)118(99)123(103)127(107)128(108)124(104)120(100)112(88,92)116(96)115(95)111(87,91)119(98)122(102)126(106)125(105)121(101)117(97,109)129(113)130(114,118)134(123)133(121,129)137(125)138(126)135(122)131(115,119)132(116,120)136(124,135)140(128,138)139(127,134)137/h5-44H,1-4H2. The van der Waals surface area contributed by atoms with Crippen molar-refractivity contribution in [1.29, 1.82) is 0 Å². The van der Waals surface area contributed by atoms with Crippen molar-refractivity contribution in [3.63, 3.8) is 0 Å². The second kappa shape index (κ2) is 5.40. The van der Waals surface area contributed by atoms with Crippen molar-refractivity contribution >= 4 is 0 Å². The van der Waals surface area contributed by atoms with Crippen LogP contribution in [-0.4, -0.2) is 0 Å². The molecule has 132 unspecified atom stereocenters. The van der Waals surface area contributed by atoms with E-state index in [1.807, 2.05) is 25.7 Å². The van der Waals surface area contributed by atoms with E-state index in [1.165, 1.54) is 540 Å². The highest BCUT2D eigenvalue weighted by atomic mass is 16.0. The normalized spacial score (nSPS) is 163. The summed E-state index contributed by atoms with van der Waals surface area (Å²) in [4.78, 5) is 0. The van der Waals surface area contributed by atoms with Crippen LogP contribution in [0.4, 0.5) is 0 Å².